The number of halogens is 1. The van der Waals surface area contributed by atoms with Gasteiger partial charge in [-0.3, -0.25) is 9.78 Å². The first kappa shape index (κ1) is 12.6. The van der Waals surface area contributed by atoms with Crippen LogP contribution < -0.4 is 5.73 Å². The van der Waals surface area contributed by atoms with Gasteiger partial charge in [0, 0.05) is 28.9 Å². The smallest absolute Gasteiger partial charge is 0.193 e. The number of carbonyl (C=O) groups is 1. The summed E-state index contributed by atoms with van der Waals surface area (Å²) >= 11 is 5.88. The first-order valence-corrected chi connectivity index (χ1v) is 6.47. The lowest BCUT2D eigenvalue weighted by molar-refractivity contribution is 0.104. The summed E-state index contributed by atoms with van der Waals surface area (Å²) in [6.07, 6.45) is 3.41. The molecule has 0 atom stereocenters. The lowest BCUT2D eigenvalue weighted by atomic mass is 9.98. The number of aromatic nitrogens is 1. The van der Waals surface area contributed by atoms with Gasteiger partial charge in [0.1, 0.15) is 0 Å². The van der Waals surface area contributed by atoms with E-state index in [4.69, 9.17) is 17.3 Å². The lowest BCUT2D eigenvalue weighted by Gasteiger charge is -2.07. The zero-order valence-corrected chi connectivity index (χ0v) is 11.3. The Morgan fingerprint density at radius 3 is 2.80 bits per heavy atom. The van der Waals surface area contributed by atoms with Gasteiger partial charge in [-0.1, -0.05) is 29.8 Å². The van der Waals surface area contributed by atoms with Crippen molar-refractivity contribution in [3.63, 3.8) is 0 Å². The molecule has 0 fully saturated rings. The van der Waals surface area contributed by atoms with Crippen molar-refractivity contribution >= 4 is 33.8 Å². The van der Waals surface area contributed by atoms with E-state index in [9.17, 15) is 4.79 Å². The summed E-state index contributed by atoms with van der Waals surface area (Å²) in [4.78, 5) is 16.7. The number of pyridine rings is 1. The number of benzene rings is 2. The standard InChI is InChI=1S/C16H11ClN2O/c17-14-5-4-10(8-15(14)18)16(20)13-3-1-2-11-9-19-7-6-12(11)13/h1-9H,18H2. The molecule has 0 bridgehead atoms. The number of fused-ring (bicyclic) bond motifs is 1. The Morgan fingerprint density at radius 1 is 1.15 bits per heavy atom. The number of nitrogens with zero attached hydrogens (tertiary/aromatic N) is 1. The first-order valence-electron chi connectivity index (χ1n) is 6.09. The first-order chi connectivity index (χ1) is 9.66. The molecule has 2 N–H and O–H groups in total. The Kier molecular flexibility index (Phi) is 3.12. The third kappa shape index (κ3) is 2.12. The van der Waals surface area contributed by atoms with Gasteiger partial charge in [0.05, 0.1) is 10.7 Å². The Labute approximate surface area is 121 Å². The SMILES string of the molecule is Nc1cc(C(=O)c2cccc3cnccc23)ccc1Cl. The summed E-state index contributed by atoms with van der Waals surface area (Å²) in [6.45, 7) is 0. The third-order valence-electron chi connectivity index (χ3n) is 3.18. The minimum atomic E-state index is -0.0785. The molecular formula is C16H11ClN2O. The molecule has 1 heterocycles. The minimum Gasteiger partial charge on any atom is -0.398 e. The Morgan fingerprint density at radius 2 is 2.00 bits per heavy atom. The quantitative estimate of drug-likeness (QED) is 0.576. The molecule has 3 rings (SSSR count). The topological polar surface area (TPSA) is 56.0 Å². The number of rotatable bonds is 2. The predicted octanol–water partition coefficient (Wildman–Crippen LogP) is 3.70. The summed E-state index contributed by atoms with van der Waals surface area (Å²) in [5, 5.41) is 2.25. The molecule has 0 radical (unpaired) electrons. The van der Waals surface area contributed by atoms with Gasteiger partial charge in [0.2, 0.25) is 0 Å². The predicted molar refractivity (Wildman–Crippen MR) is 81.0 cm³/mol. The highest BCUT2D eigenvalue weighted by Crippen LogP contribution is 2.24. The maximum atomic E-state index is 12.6. The second-order valence-electron chi connectivity index (χ2n) is 4.47. The normalized spacial score (nSPS) is 10.7. The van der Waals surface area contributed by atoms with Crippen molar-refractivity contribution in [2.24, 2.45) is 0 Å². The highest BCUT2D eigenvalue weighted by molar-refractivity contribution is 6.33. The second-order valence-corrected chi connectivity index (χ2v) is 4.88. The molecule has 2 aromatic carbocycles. The molecule has 0 saturated heterocycles. The van der Waals surface area contributed by atoms with Gasteiger partial charge < -0.3 is 5.73 Å². The molecule has 0 amide bonds. The molecule has 20 heavy (non-hydrogen) atoms. The van der Waals surface area contributed by atoms with Crippen molar-refractivity contribution in [1.82, 2.24) is 4.98 Å². The van der Waals surface area contributed by atoms with E-state index in [0.29, 0.717) is 21.8 Å². The molecule has 1 aromatic heterocycles. The zero-order chi connectivity index (χ0) is 14.1. The van der Waals surface area contributed by atoms with Crippen molar-refractivity contribution < 1.29 is 4.79 Å². The van der Waals surface area contributed by atoms with Crippen molar-refractivity contribution in [2.75, 3.05) is 5.73 Å². The number of ketones is 1. The van der Waals surface area contributed by atoms with E-state index in [0.717, 1.165) is 10.8 Å². The number of nitrogen functional groups attached to an aromatic ring is 1. The van der Waals surface area contributed by atoms with E-state index >= 15 is 0 Å². The van der Waals surface area contributed by atoms with Crippen LogP contribution in [0.4, 0.5) is 5.69 Å². The van der Waals surface area contributed by atoms with Crippen LogP contribution >= 0.6 is 11.6 Å². The van der Waals surface area contributed by atoms with Crippen LogP contribution in [-0.4, -0.2) is 10.8 Å². The van der Waals surface area contributed by atoms with Gasteiger partial charge in [-0.25, -0.2) is 0 Å². The molecule has 3 aromatic rings. The van der Waals surface area contributed by atoms with Crippen LogP contribution in [0, 0.1) is 0 Å². The molecule has 0 unspecified atom stereocenters. The largest absolute Gasteiger partial charge is 0.398 e. The molecule has 0 aliphatic carbocycles. The highest BCUT2D eigenvalue weighted by atomic mass is 35.5. The van der Waals surface area contributed by atoms with E-state index in [1.165, 1.54) is 0 Å². The number of hydrogen-bond acceptors (Lipinski definition) is 3. The van der Waals surface area contributed by atoms with E-state index in [2.05, 4.69) is 4.98 Å². The van der Waals surface area contributed by atoms with Gasteiger partial charge in [0.25, 0.3) is 0 Å². The lowest BCUT2D eigenvalue weighted by Crippen LogP contribution is -2.03. The van der Waals surface area contributed by atoms with E-state index in [1.807, 2.05) is 18.2 Å². The molecule has 0 aliphatic heterocycles. The van der Waals surface area contributed by atoms with Gasteiger partial charge >= 0.3 is 0 Å². The van der Waals surface area contributed by atoms with Crippen LogP contribution in [0.1, 0.15) is 15.9 Å². The van der Waals surface area contributed by atoms with Crippen LogP contribution in [0.2, 0.25) is 5.02 Å². The average molecular weight is 283 g/mol. The van der Waals surface area contributed by atoms with Crippen molar-refractivity contribution in [3.05, 3.63) is 71.0 Å². The summed E-state index contributed by atoms with van der Waals surface area (Å²) in [5.41, 5.74) is 7.31. The van der Waals surface area contributed by atoms with Crippen molar-refractivity contribution in [3.8, 4) is 0 Å². The number of nitrogens with two attached hydrogens (primary N) is 1. The average Bonchev–Trinajstić information content (AvgIpc) is 2.49. The van der Waals surface area contributed by atoms with Gasteiger partial charge in [-0.15, -0.1) is 0 Å². The Bertz CT molecular complexity index is 809. The van der Waals surface area contributed by atoms with Crippen LogP contribution in [0.25, 0.3) is 10.8 Å². The summed E-state index contributed by atoms with van der Waals surface area (Å²) < 4.78 is 0. The number of anilines is 1. The second kappa shape index (κ2) is 4.94. The summed E-state index contributed by atoms with van der Waals surface area (Å²) in [5.74, 6) is -0.0785. The fraction of sp³-hybridized carbons (Fsp3) is 0. The molecule has 4 heteroatoms. The van der Waals surface area contributed by atoms with Crippen LogP contribution in [0.3, 0.4) is 0 Å². The van der Waals surface area contributed by atoms with E-state index < -0.39 is 0 Å². The van der Waals surface area contributed by atoms with E-state index in [1.54, 1.807) is 36.7 Å². The fourth-order valence-corrected chi connectivity index (χ4v) is 2.28. The molecule has 3 nitrogen and oxygen atoms in total. The van der Waals surface area contributed by atoms with Gasteiger partial charge in [0.15, 0.2) is 5.78 Å². The van der Waals surface area contributed by atoms with Crippen LogP contribution in [-0.2, 0) is 0 Å². The van der Waals surface area contributed by atoms with Crippen LogP contribution in [0.15, 0.2) is 54.9 Å². The fourth-order valence-electron chi connectivity index (χ4n) is 2.16. The summed E-state index contributed by atoms with van der Waals surface area (Å²) in [6, 6.07) is 12.3. The Balaban J connectivity index is 2.15. The molecule has 0 aliphatic rings. The van der Waals surface area contributed by atoms with E-state index in [-0.39, 0.29) is 5.78 Å². The van der Waals surface area contributed by atoms with Gasteiger partial charge in [-0.2, -0.15) is 0 Å². The third-order valence-corrected chi connectivity index (χ3v) is 3.53. The van der Waals surface area contributed by atoms with Gasteiger partial charge in [-0.05, 0) is 29.7 Å². The van der Waals surface area contributed by atoms with Crippen molar-refractivity contribution in [1.29, 1.82) is 0 Å². The zero-order valence-electron chi connectivity index (χ0n) is 10.5. The Hall–Kier alpha value is -2.39. The monoisotopic (exact) mass is 282 g/mol. The maximum Gasteiger partial charge on any atom is 0.193 e. The molecule has 0 spiro atoms. The van der Waals surface area contributed by atoms with Crippen LogP contribution in [0.5, 0.6) is 0 Å². The van der Waals surface area contributed by atoms with Crippen molar-refractivity contribution in [2.45, 2.75) is 0 Å². The molecular weight excluding hydrogens is 272 g/mol. The molecule has 98 valence electrons. The minimum absolute atomic E-state index is 0.0785. The maximum absolute atomic E-state index is 12.6. The highest BCUT2D eigenvalue weighted by Gasteiger charge is 2.13. The number of carbonyl (C=O) groups excluding carboxylic acids is 1. The summed E-state index contributed by atoms with van der Waals surface area (Å²) in [7, 11) is 0. The number of hydrogen-bond donors (Lipinski definition) is 1. The molecule has 0 saturated carbocycles.